The van der Waals surface area contributed by atoms with Gasteiger partial charge in [0.1, 0.15) is 17.2 Å². The standard InChI is InChI=1S/C20H21N3O4/c1-13-16-11-15(25-2)4-5-17(16)27-19(13)20(24)22-14-3-6-18(21-12-14)23-7-9-26-10-8-23/h3-6,11-12H,7-10H2,1-2H3,(H,22,24). The summed E-state index contributed by atoms with van der Waals surface area (Å²) in [5, 5.41) is 3.71. The van der Waals surface area contributed by atoms with Crippen molar-refractivity contribution in [1.29, 1.82) is 0 Å². The van der Waals surface area contributed by atoms with Crippen LogP contribution >= 0.6 is 0 Å². The van der Waals surface area contributed by atoms with E-state index in [4.69, 9.17) is 13.9 Å². The minimum absolute atomic E-state index is 0.288. The van der Waals surface area contributed by atoms with E-state index in [1.165, 1.54) is 0 Å². The second-order valence-electron chi connectivity index (χ2n) is 6.38. The number of anilines is 2. The van der Waals surface area contributed by atoms with Gasteiger partial charge in [0.15, 0.2) is 5.76 Å². The number of rotatable bonds is 4. The van der Waals surface area contributed by atoms with Gasteiger partial charge in [-0.3, -0.25) is 4.79 Å². The molecule has 0 unspecified atom stereocenters. The van der Waals surface area contributed by atoms with Crippen LogP contribution in [0.1, 0.15) is 16.1 Å². The predicted molar refractivity (Wildman–Crippen MR) is 103 cm³/mol. The highest BCUT2D eigenvalue weighted by Gasteiger charge is 2.19. The second kappa shape index (κ2) is 7.28. The van der Waals surface area contributed by atoms with Gasteiger partial charge in [-0.2, -0.15) is 0 Å². The highest BCUT2D eigenvalue weighted by Crippen LogP contribution is 2.29. The molecule has 2 aromatic heterocycles. The summed E-state index contributed by atoms with van der Waals surface area (Å²) in [6, 6.07) is 9.22. The summed E-state index contributed by atoms with van der Waals surface area (Å²) in [4.78, 5) is 19.3. The van der Waals surface area contributed by atoms with Crippen LogP contribution in [0, 0.1) is 6.92 Å². The van der Waals surface area contributed by atoms with E-state index in [1.54, 1.807) is 25.4 Å². The van der Waals surface area contributed by atoms with Crippen molar-refractivity contribution in [3.8, 4) is 5.75 Å². The molecular weight excluding hydrogens is 346 g/mol. The van der Waals surface area contributed by atoms with Crippen LogP contribution in [-0.2, 0) is 4.74 Å². The first-order valence-electron chi connectivity index (χ1n) is 8.83. The number of carbonyl (C=O) groups is 1. The van der Waals surface area contributed by atoms with Crippen molar-refractivity contribution in [3.05, 3.63) is 47.9 Å². The Hall–Kier alpha value is -3.06. The number of hydrogen-bond acceptors (Lipinski definition) is 6. The summed E-state index contributed by atoms with van der Waals surface area (Å²) < 4.78 is 16.3. The first kappa shape index (κ1) is 17.4. The molecule has 1 fully saturated rings. The minimum atomic E-state index is -0.302. The van der Waals surface area contributed by atoms with Crippen molar-refractivity contribution in [2.75, 3.05) is 43.6 Å². The molecule has 0 radical (unpaired) electrons. The topological polar surface area (TPSA) is 76.8 Å². The number of aryl methyl sites for hydroxylation is 1. The minimum Gasteiger partial charge on any atom is -0.497 e. The summed E-state index contributed by atoms with van der Waals surface area (Å²) in [6.45, 7) is 4.91. The van der Waals surface area contributed by atoms with Gasteiger partial charge in [-0.15, -0.1) is 0 Å². The lowest BCUT2D eigenvalue weighted by Gasteiger charge is -2.27. The molecule has 0 saturated carbocycles. The lowest BCUT2D eigenvalue weighted by atomic mass is 10.1. The molecule has 1 saturated heterocycles. The predicted octanol–water partition coefficient (Wildman–Crippen LogP) is 3.23. The van der Waals surface area contributed by atoms with Gasteiger partial charge in [-0.1, -0.05) is 0 Å². The Labute approximate surface area is 156 Å². The van der Waals surface area contributed by atoms with Crippen LogP contribution in [0.15, 0.2) is 40.9 Å². The van der Waals surface area contributed by atoms with Crippen molar-refractivity contribution in [2.24, 2.45) is 0 Å². The van der Waals surface area contributed by atoms with Crippen LogP contribution in [0.5, 0.6) is 5.75 Å². The van der Waals surface area contributed by atoms with E-state index in [1.807, 2.05) is 25.1 Å². The van der Waals surface area contributed by atoms with Gasteiger partial charge < -0.3 is 24.1 Å². The Morgan fingerprint density at radius 3 is 2.74 bits per heavy atom. The van der Waals surface area contributed by atoms with Crippen LogP contribution in [0.3, 0.4) is 0 Å². The number of methoxy groups -OCH3 is 1. The maximum absolute atomic E-state index is 12.7. The Morgan fingerprint density at radius 2 is 2.04 bits per heavy atom. The average molecular weight is 367 g/mol. The lowest BCUT2D eigenvalue weighted by molar-refractivity contribution is 0.0998. The van der Waals surface area contributed by atoms with E-state index in [-0.39, 0.29) is 11.7 Å². The molecule has 3 aromatic rings. The smallest absolute Gasteiger partial charge is 0.291 e. The number of morpholine rings is 1. The van der Waals surface area contributed by atoms with Gasteiger partial charge in [0.25, 0.3) is 5.91 Å². The number of nitrogens with one attached hydrogen (secondary N) is 1. The Kier molecular flexibility index (Phi) is 4.68. The highest BCUT2D eigenvalue weighted by atomic mass is 16.5. The second-order valence-corrected chi connectivity index (χ2v) is 6.38. The van der Waals surface area contributed by atoms with E-state index in [2.05, 4.69) is 15.2 Å². The molecule has 0 atom stereocenters. The van der Waals surface area contributed by atoms with Crippen molar-refractivity contribution < 1.29 is 18.7 Å². The zero-order valence-corrected chi connectivity index (χ0v) is 15.3. The number of nitrogens with zero attached hydrogens (tertiary/aromatic N) is 2. The number of fused-ring (bicyclic) bond motifs is 1. The first-order valence-corrected chi connectivity index (χ1v) is 8.83. The van der Waals surface area contributed by atoms with E-state index in [0.717, 1.165) is 35.6 Å². The zero-order chi connectivity index (χ0) is 18.8. The van der Waals surface area contributed by atoms with Gasteiger partial charge >= 0.3 is 0 Å². The molecule has 27 heavy (non-hydrogen) atoms. The molecule has 1 aliphatic rings. The van der Waals surface area contributed by atoms with Gasteiger partial charge in [0.2, 0.25) is 0 Å². The van der Waals surface area contributed by atoms with Gasteiger partial charge in [0.05, 0.1) is 32.2 Å². The third-order valence-electron chi connectivity index (χ3n) is 4.69. The maximum atomic E-state index is 12.7. The van der Waals surface area contributed by atoms with E-state index >= 15 is 0 Å². The number of carbonyl (C=O) groups excluding carboxylic acids is 1. The highest BCUT2D eigenvalue weighted by molar-refractivity contribution is 6.06. The molecule has 1 aliphatic heterocycles. The van der Waals surface area contributed by atoms with Crippen molar-refractivity contribution in [1.82, 2.24) is 4.98 Å². The number of benzene rings is 1. The lowest BCUT2D eigenvalue weighted by Crippen LogP contribution is -2.36. The van der Waals surface area contributed by atoms with Crippen molar-refractivity contribution in [3.63, 3.8) is 0 Å². The largest absolute Gasteiger partial charge is 0.497 e. The summed E-state index contributed by atoms with van der Waals surface area (Å²) in [7, 11) is 1.61. The van der Waals surface area contributed by atoms with Gasteiger partial charge in [-0.05, 0) is 37.3 Å². The van der Waals surface area contributed by atoms with Crippen LogP contribution in [0.25, 0.3) is 11.0 Å². The maximum Gasteiger partial charge on any atom is 0.291 e. The molecule has 3 heterocycles. The molecule has 1 amide bonds. The van der Waals surface area contributed by atoms with E-state index < -0.39 is 0 Å². The Bertz CT molecular complexity index is 959. The summed E-state index contributed by atoms with van der Waals surface area (Å²) in [6.07, 6.45) is 1.66. The molecule has 4 rings (SSSR count). The molecular formula is C20H21N3O4. The monoisotopic (exact) mass is 367 g/mol. The molecule has 1 aromatic carbocycles. The zero-order valence-electron chi connectivity index (χ0n) is 15.3. The Balaban J connectivity index is 1.52. The molecule has 0 spiro atoms. The molecule has 7 nitrogen and oxygen atoms in total. The fourth-order valence-corrected chi connectivity index (χ4v) is 3.17. The van der Waals surface area contributed by atoms with E-state index in [9.17, 15) is 4.79 Å². The summed E-state index contributed by atoms with van der Waals surface area (Å²) in [5.41, 5.74) is 2.05. The van der Waals surface area contributed by atoms with Crippen LogP contribution in [0.4, 0.5) is 11.5 Å². The summed E-state index contributed by atoms with van der Waals surface area (Å²) in [5.74, 6) is 1.59. The summed E-state index contributed by atoms with van der Waals surface area (Å²) >= 11 is 0. The van der Waals surface area contributed by atoms with Crippen LogP contribution in [-0.4, -0.2) is 44.3 Å². The molecule has 0 bridgehead atoms. The Morgan fingerprint density at radius 1 is 1.22 bits per heavy atom. The number of pyridine rings is 1. The third-order valence-corrected chi connectivity index (χ3v) is 4.69. The fourth-order valence-electron chi connectivity index (χ4n) is 3.17. The quantitative estimate of drug-likeness (QED) is 0.763. The van der Waals surface area contributed by atoms with Gasteiger partial charge in [0, 0.05) is 24.0 Å². The SMILES string of the molecule is COc1ccc2oc(C(=O)Nc3ccc(N4CCOCC4)nc3)c(C)c2c1. The van der Waals surface area contributed by atoms with Gasteiger partial charge in [-0.25, -0.2) is 4.98 Å². The van der Waals surface area contributed by atoms with Crippen molar-refractivity contribution >= 4 is 28.4 Å². The number of furan rings is 1. The molecule has 7 heteroatoms. The number of hydrogen-bond donors (Lipinski definition) is 1. The third kappa shape index (κ3) is 3.46. The number of ether oxygens (including phenoxy) is 2. The molecule has 1 N–H and O–H groups in total. The van der Waals surface area contributed by atoms with Crippen LogP contribution < -0.4 is 15.0 Å². The van der Waals surface area contributed by atoms with Crippen molar-refractivity contribution in [2.45, 2.75) is 6.92 Å². The number of aromatic nitrogens is 1. The van der Waals surface area contributed by atoms with E-state index in [0.29, 0.717) is 24.5 Å². The fraction of sp³-hybridized carbons (Fsp3) is 0.300. The van der Waals surface area contributed by atoms with Crippen LogP contribution in [0.2, 0.25) is 0 Å². The normalized spacial score (nSPS) is 14.4. The average Bonchev–Trinajstić information content (AvgIpc) is 3.05. The number of amides is 1. The molecule has 0 aliphatic carbocycles. The molecule has 140 valence electrons. The first-order chi connectivity index (χ1) is 13.2.